The van der Waals surface area contributed by atoms with Crippen LogP contribution < -0.4 is 5.32 Å². The second-order valence-corrected chi connectivity index (χ2v) is 6.26. The Morgan fingerprint density at radius 1 is 0.962 bits per heavy atom. The monoisotopic (exact) mass is 347 g/mol. The molecular weight excluding hydrogens is 329 g/mol. The number of aromatic hydroxyl groups is 1. The number of hydrogen-bond acceptors (Lipinski definition) is 4. The maximum Gasteiger partial charge on any atom is 0.126 e. The molecule has 2 heterocycles. The van der Waals surface area contributed by atoms with Gasteiger partial charge in [-0.3, -0.25) is 15.3 Å². The van der Waals surface area contributed by atoms with E-state index in [9.17, 15) is 9.50 Å². The van der Waals surface area contributed by atoms with Gasteiger partial charge < -0.3 is 5.11 Å². The van der Waals surface area contributed by atoms with Crippen LogP contribution in [-0.4, -0.2) is 15.8 Å². The highest BCUT2D eigenvalue weighted by molar-refractivity contribution is 6.03. The Morgan fingerprint density at radius 3 is 2.50 bits per heavy atom. The van der Waals surface area contributed by atoms with Gasteiger partial charge in [-0.05, 0) is 41.5 Å². The van der Waals surface area contributed by atoms with Crippen LogP contribution in [0.5, 0.6) is 5.75 Å². The van der Waals surface area contributed by atoms with Gasteiger partial charge >= 0.3 is 0 Å². The number of nitrogens with one attached hydrogen (secondary N) is 1. The number of benzene rings is 2. The van der Waals surface area contributed by atoms with Gasteiger partial charge in [0.1, 0.15) is 17.7 Å². The Labute approximate surface area is 151 Å². The Bertz CT molecular complexity index is 926. The number of hydrogen-bond donors (Lipinski definition) is 2. The number of phenolic OH excluding ortho intramolecular Hbond substituents is 1. The normalized spacial score (nSPS) is 19.8. The zero-order valence-corrected chi connectivity index (χ0v) is 14.0. The summed E-state index contributed by atoms with van der Waals surface area (Å²) in [6, 6.07) is 17.4. The van der Waals surface area contributed by atoms with E-state index in [1.807, 2.05) is 30.5 Å². The lowest BCUT2D eigenvalue weighted by Gasteiger charge is -2.30. The van der Waals surface area contributed by atoms with Gasteiger partial charge in [-0.25, -0.2) is 4.39 Å². The van der Waals surface area contributed by atoms with Gasteiger partial charge in [0.05, 0.1) is 5.71 Å². The molecule has 0 fully saturated rings. The summed E-state index contributed by atoms with van der Waals surface area (Å²) < 4.78 is 13.3. The molecule has 5 heteroatoms. The first kappa shape index (κ1) is 16.4. The van der Waals surface area contributed by atoms with Gasteiger partial charge in [0.2, 0.25) is 0 Å². The lowest BCUT2D eigenvalue weighted by atomic mass is 9.94. The van der Waals surface area contributed by atoms with Crippen molar-refractivity contribution < 1.29 is 9.50 Å². The van der Waals surface area contributed by atoms with E-state index >= 15 is 0 Å². The molecule has 3 aromatic rings. The summed E-state index contributed by atoms with van der Waals surface area (Å²) in [5.74, 6) is -0.0748. The Balaban J connectivity index is 1.75. The van der Waals surface area contributed by atoms with Gasteiger partial charge in [0, 0.05) is 30.4 Å². The number of nitrogens with zero attached hydrogens (tertiary/aromatic N) is 2. The highest BCUT2D eigenvalue weighted by atomic mass is 19.1. The van der Waals surface area contributed by atoms with Crippen LogP contribution in [0, 0.1) is 5.82 Å². The molecule has 0 saturated heterocycles. The average Bonchev–Trinajstić information content (AvgIpc) is 2.69. The summed E-state index contributed by atoms with van der Waals surface area (Å²) in [4.78, 5) is 9.00. The third-order valence-electron chi connectivity index (χ3n) is 4.53. The second-order valence-electron chi connectivity index (χ2n) is 6.26. The van der Waals surface area contributed by atoms with Crippen molar-refractivity contribution in [1.29, 1.82) is 0 Å². The Morgan fingerprint density at radius 2 is 1.77 bits per heavy atom. The third kappa shape index (κ3) is 3.34. The van der Waals surface area contributed by atoms with Crippen molar-refractivity contribution in [3.8, 4) is 5.75 Å². The number of rotatable bonds is 3. The topological polar surface area (TPSA) is 57.5 Å². The fourth-order valence-electron chi connectivity index (χ4n) is 3.20. The lowest BCUT2D eigenvalue weighted by molar-refractivity contribution is 0.438. The molecule has 1 aliphatic rings. The molecule has 130 valence electrons. The Kier molecular flexibility index (Phi) is 4.46. The molecule has 0 bridgehead atoms. The number of phenols is 1. The maximum absolute atomic E-state index is 13.3. The van der Waals surface area contributed by atoms with Gasteiger partial charge in [-0.2, -0.15) is 0 Å². The highest BCUT2D eigenvalue weighted by Gasteiger charge is 2.27. The summed E-state index contributed by atoms with van der Waals surface area (Å²) in [7, 11) is 0. The number of pyridine rings is 1. The Hall–Kier alpha value is -3.05. The lowest BCUT2D eigenvalue weighted by Crippen LogP contribution is -2.33. The molecular formula is C21H18FN3O. The van der Waals surface area contributed by atoms with Crippen molar-refractivity contribution in [2.45, 2.75) is 18.6 Å². The van der Waals surface area contributed by atoms with Crippen molar-refractivity contribution >= 4 is 5.71 Å². The summed E-state index contributed by atoms with van der Waals surface area (Å²) >= 11 is 0. The highest BCUT2D eigenvalue weighted by Crippen LogP contribution is 2.32. The molecule has 0 aliphatic carbocycles. The minimum Gasteiger partial charge on any atom is -0.507 e. The van der Waals surface area contributed by atoms with E-state index < -0.39 is 0 Å². The fraction of sp³-hybridized carbons (Fsp3) is 0.143. The van der Waals surface area contributed by atoms with E-state index in [1.54, 1.807) is 30.5 Å². The maximum atomic E-state index is 13.3. The largest absolute Gasteiger partial charge is 0.507 e. The molecule has 2 atom stereocenters. The van der Waals surface area contributed by atoms with Crippen molar-refractivity contribution in [3.05, 3.63) is 95.6 Å². The van der Waals surface area contributed by atoms with E-state index in [-0.39, 0.29) is 23.8 Å². The predicted octanol–water partition coefficient (Wildman–Crippen LogP) is 4.15. The van der Waals surface area contributed by atoms with Crippen molar-refractivity contribution in [2.75, 3.05) is 0 Å². The van der Waals surface area contributed by atoms with Crippen molar-refractivity contribution in [2.24, 2.45) is 4.99 Å². The van der Waals surface area contributed by atoms with Crippen LogP contribution in [0.25, 0.3) is 0 Å². The molecule has 0 spiro atoms. The standard InChI is InChI=1S/C21H18FN3O/c22-16-9-7-14(8-10-16)21-24-18(15-4-3-11-23-13-15)12-19(25-21)17-5-1-2-6-20(17)26/h1-11,13,18,21,24,26H,12H2/t18-,21-/m1/s1. The molecule has 4 nitrogen and oxygen atoms in total. The molecule has 1 aromatic heterocycles. The molecule has 4 rings (SSSR count). The van der Waals surface area contributed by atoms with Crippen LogP contribution in [-0.2, 0) is 0 Å². The van der Waals surface area contributed by atoms with Gasteiger partial charge in [-0.1, -0.05) is 30.3 Å². The van der Waals surface area contributed by atoms with Gasteiger partial charge in [-0.15, -0.1) is 0 Å². The average molecular weight is 347 g/mol. The second kappa shape index (κ2) is 7.06. The number of halogens is 1. The molecule has 2 N–H and O–H groups in total. The number of para-hydroxylation sites is 1. The predicted molar refractivity (Wildman–Crippen MR) is 98.5 cm³/mol. The van der Waals surface area contributed by atoms with Crippen molar-refractivity contribution in [3.63, 3.8) is 0 Å². The van der Waals surface area contributed by atoms with Crippen LogP contribution in [0.1, 0.15) is 35.3 Å². The zero-order valence-electron chi connectivity index (χ0n) is 14.0. The van der Waals surface area contributed by atoms with Gasteiger partial charge in [0.25, 0.3) is 0 Å². The van der Waals surface area contributed by atoms with E-state index in [0.29, 0.717) is 6.42 Å². The summed E-state index contributed by atoms with van der Waals surface area (Å²) in [6.07, 6.45) is 3.86. The van der Waals surface area contributed by atoms with Gasteiger partial charge in [0.15, 0.2) is 0 Å². The van der Waals surface area contributed by atoms with Crippen LogP contribution in [0.3, 0.4) is 0 Å². The molecule has 0 unspecified atom stereocenters. The molecule has 0 saturated carbocycles. The minimum atomic E-state index is -0.329. The third-order valence-corrected chi connectivity index (χ3v) is 4.53. The SMILES string of the molecule is Oc1ccccc1C1=N[C@H](c2ccc(F)cc2)N[C@@H](c2cccnc2)C1. The molecule has 0 radical (unpaired) electrons. The molecule has 26 heavy (non-hydrogen) atoms. The quantitative estimate of drug-likeness (QED) is 0.748. The molecule has 2 aromatic carbocycles. The van der Waals surface area contributed by atoms with Crippen LogP contribution in [0.4, 0.5) is 4.39 Å². The zero-order chi connectivity index (χ0) is 17.9. The van der Waals surface area contributed by atoms with Crippen LogP contribution in [0.15, 0.2) is 78.0 Å². The van der Waals surface area contributed by atoms with Crippen molar-refractivity contribution in [1.82, 2.24) is 10.3 Å². The minimum absolute atomic E-state index is 0.00846. The first-order valence-corrected chi connectivity index (χ1v) is 8.47. The van der Waals surface area contributed by atoms with Crippen LogP contribution >= 0.6 is 0 Å². The molecule has 1 aliphatic heterocycles. The first-order chi connectivity index (χ1) is 12.7. The smallest absolute Gasteiger partial charge is 0.126 e. The van der Waals surface area contributed by atoms with Crippen LogP contribution in [0.2, 0.25) is 0 Å². The number of aliphatic imine (C=N–C) groups is 1. The fourth-order valence-corrected chi connectivity index (χ4v) is 3.20. The molecule has 0 amide bonds. The van der Waals surface area contributed by atoms with E-state index in [1.165, 1.54) is 12.1 Å². The van der Waals surface area contributed by atoms with E-state index in [0.717, 1.165) is 22.4 Å². The summed E-state index contributed by atoms with van der Waals surface area (Å²) in [6.45, 7) is 0. The summed E-state index contributed by atoms with van der Waals surface area (Å²) in [5, 5.41) is 13.7. The van der Waals surface area contributed by atoms with E-state index in [4.69, 9.17) is 4.99 Å². The first-order valence-electron chi connectivity index (χ1n) is 8.47. The summed E-state index contributed by atoms with van der Waals surface area (Å²) in [5.41, 5.74) is 3.44. The van der Waals surface area contributed by atoms with E-state index in [2.05, 4.69) is 10.3 Å². The number of aromatic nitrogens is 1.